The van der Waals surface area contributed by atoms with Gasteiger partial charge in [-0.2, -0.15) is 4.31 Å². The lowest BCUT2D eigenvalue weighted by atomic mass is 9.95. The third-order valence-corrected chi connectivity index (χ3v) is 8.18. The number of methoxy groups -OCH3 is 1. The van der Waals surface area contributed by atoms with E-state index in [4.69, 9.17) is 27.9 Å². The van der Waals surface area contributed by atoms with Crippen molar-refractivity contribution in [3.8, 4) is 5.75 Å². The van der Waals surface area contributed by atoms with Gasteiger partial charge in [0.05, 0.1) is 13.7 Å². The van der Waals surface area contributed by atoms with E-state index in [-0.39, 0.29) is 29.8 Å². The van der Waals surface area contributed by atoms with Crippen molar-refractivity contribution in [1.82, 2.24) is 9.62 Å². The van der Waals surface area contributed by atoms with E-state index >= 15 is 0 Å². The number of ether oxygens (including phenoxy) is 1. The topological polar surface area (TPSA) is 75.7 Å². The Hall–Kier alpha value is -1.80. The summed E-state index contributed by atoms with van der Waals surface area (Å²) in [5.41, 5.74) is 1.51. The van der Waals surface area contributed by atoms with Gasteiger partial charge in [-0.25, -0.2) is 8.42 Å². The minimum absolute atomic E-state index is 0.0825. The minimum atomic E-state index is -3.95. The number of nitrogens with zero attached hydrogens (tertiary/aromatic N) is 1. The molecule has 0 aliphatic heterocycles. The van der Waals surface area contributed by atoms with Crippen molar-refractivity contribution in [2.24, 2.45) is 0 Å². The first kappa shape index (κ1) is 24.8. The first-order valence-electron chi connectivity index (χ1n) is 10.6. The second kappa shape index (κ2) is 10.9. The van der Waals surface area contributed by atoms with E-state index in [0.717, 1.165) is 37.7 Å². The fourth-order valence-corrected chi connectivity index (χ4v) is 6.31. The fourth-order valence-electron chi connectivity index (χ4n) is 3.95. The molecule has 2 aromatic rings. The van der Waals surface area contributed by atoms with Crippen LogP contribution < -0.4 is 10.1 Å². The van der Waals surface area contributed by atoms with E-state index in [0.29, 0.717) is 15.6 Å². The van der Waals surface area contributed by atoms with Gasteiger partial charge < -0.3 is 10.1 Å². The lowest BCUT2D eigenvalue weighted by Gasteiger charge is -2.33. The third kappa shape index (κ3) is 5.95. The molecule has 2 aromatic carbocycles. The van der Waals surface area contributed by atoms with Crippen molar-refractivity contribution in [2.45, 2.75) is 56.5 Å². The molecule has 0 radical (unpaired) electrons. The van der Waals surface area contributed by atoms with E-state index in [1.807, 2.05) is 6.92 Å². The quantitative estimate of drug-likeness (QED) is 0.558. The zero-order valence-corrected chi connectivity index (χ0v) is 20.6. The minimum Gasteiger partial charge on any atom is -0.495 e. The zero-order chi connectivity index (χ0) is 23.3. The van der Waals surface area contributed by atoms with Crippen molar-refractivity contribution in [3.63, 3.8) is 0 Å². The Kier molecular flexibility index (Phi) is 8.44. The number of hydrogen-bond acceptors (Lipinski definition) is 4. The van der Waals surface area contributed by atoms with Gasteiger partial charge in [0.15, 0.2) is 0 Å². The number of aryl methyl sites for hydroxylation is 1. The first-order valence-corrected chi connectivity index (χ1v) is 12.8. The van der Waals surface area contributed by atoms with Gasteiger partial charge in [0.2, 0.25) is 15.9 Å². The molecule has 0 unspecified atom stereocenters. The molecule has 1 fully saturated rings. The maximum absolute atomic E-state index is 13.7. The Morgan fingerprint density at radius 1 is 1.12 bits per heavy atom. The molecule has 0 spiro atoms. The predicted molar refractivity (Wildman–Crippen MR) is 127 cm³/mol. The molecule has 0 saturated heterocycles. The standard InChI is InChI=1S/C23H28Cl2N2O4S/c1-16-8-11-21(31-2)22(12-16)32(29,30)27(19-6-4-3-5-7-19)15-23(28)26-14-17-9-10-18(24)13-20(17)25/h8-13,19H,3-7,14-15H2,1-2H3,(H,26,28). The summed E-state index contributed by atoms with van der Waals surface area (Å²) in [7, 11) is -2.51. The number of benzene rings is 2. The number of sulfonamides is 1. The first-order chi connectivity index (χ1) is 15.2. The van der Waals surface area contributed by atoms with Crippen LogP contribution in [0.4, 0.5) is 0 Å². The van der Waals surface area contributed by atoms with Gasteiger partial charge in [-0.3, -0.25) is 4.79 Å². The molecular weight excluding hydrogens is 471 g/mol. The van der Waals surface area contributed by atoms with Crippen LogP contribution >= 0.6 is 23.2 Å². The summed E-state index contributed by atoms with van der Waals surface area (Å²) < 4.78 is 34.1. The lowest BCUT2D eigenvalue weighted by Crippen LogP contribution is -2.47. The van der Waals surface area contributed by atoms with Crippen LogP contribution in [0.5, 0.6) is 5.75 Å². The summed E-state index contributed by atoms with van der Waals surface area (Å²) in [4.78, 5) is 12.9. The van der Waals surface area contributed by atoms with Crippen LogP contribution in [0.2, 0.25) is 10.0 Å². The number of halogens is 2. The summed E-state index contributed by atoms with van der Waals surface area (Å²) >= 11 is 12.1. The van der Waals surface area contributed by atoms with Gasteiger partial charge in [0.1, 0.15) is 10.6 Å². The fraction of sp³-hybridized carbons (Fsp3) is 0.435. The Bertz CT molecular complexity index is 1070. The third-order valence-electron chi connectivity index (χ3n) is 5.68. The molecule has 6 nitrogen and oxygen atoms in total. The number of carbonyl (C=O) groups is 1. The van der Waals surface area contributed by atoms with Crippen LogP contribution in [0.25, 0.3) is 0 Å². The van der Waals surface area contributed by atoms with E-state index in [1.54, 1.807) is 36.4 Å². The van der Waals surface area contributed by atoms with Gasteiger partial charge in [-0.1, -0.05) is 54.6 Å². The summed E-state index contributed by atoms with van der Waals surface area (Å²) in [5, 5.41) is 3.74. The summed E-state index contributed by atoms with van der Waals surface area (Å²) in [6.45, 7) is 1.74. The van der Waals surface area contributed by atoms with Crippen LogP contribution in [0.15, 0.2) is 41.3 Å². The molecule has 9 heteroatoms. The Morgan fingerprint density at radius 3 is 2.50 bits per heavy atom. The smallest absolute Gasteiger partial charge is 0.247 e. The average Bonchev–Trinajstić information content (AvgIpc) is 2.77. The average molecular weight is 499 g/mol. The maximum Gasteiger partial charge on any atom is 0.247 e. The van der Waals surface area contributed by atoms with Crippen LogP contribution in [0.1, 0.15) is 43.2 Å². The Morgan fingerprint density at radius 2 is 1.84 bits per heavy atom. The van der Waals surface area contributed by atoms with Crippen LogP contribution in [0.3, 0.4) is 0 Å². The van der Waals surface area contributed by atoms with Crippen molar-refractivity contribution in [3.05, 3.63) is 57.6 Å². The van der Waals surface area contributed by atoms with Gasteiger partial charge in [0.25, 0.3) is 0 Å². The molecule has 1 saturated carbocycles. The molecule has 1 aliphatic rings. The highest BCUT2D eigenvalue weighted by atomic mass is 35.5. The monoisotopic (exact) mass is 498 g/mol. The highest BCUT2D eigenvalue weighted by Gasteiger charge is 2.35. The number of hydrogen-bond donors (Lipinski definition) is 1. The SMILES string of the molecule is COc1ccc(C)cc1S(=O)(=O)N(CC(=O)NCc1ccc(Cl)cc1Cl)C1CCCCC1. The van der Waals surface area contributed by atoms with Gasteiger partial charge in [0, 0.05) is 22.6 Å². The number of nitrogens with one attached hydrogen (secondary N) is 1. The molecular formula is C23H28Cl2N2O4S. The van der Waals surface area contributed by atoms with Gasteiger partial charge in [-0.15, -0.1) is 0 Å². The molecule has 0 bridgehead atoms. The largest absolute Gasteiger partial charge is 0.495 e. The summed E-state index contributed by atoms with van der Waals surface area (Å²) in [6, 6.07) is 9.83. The maximum atomic E-state index is 13.7. The van der Waals surface area contributed by atoms with E-state index in [1.165, 1.54) is 11.4 Å². The molecule has 1 N–H and O–H groups in total. The van der Waals surface area contributed by atoms with Crippen molar-refractivity contribution < 1.29 is 17.9 Å². The molecule has 1 aliphatic carbocycles. The number of amides is 1. The summed E-state index contributed by atoms with van der Waals surface area (Å²) in [6.07, 6.45) is 4.39. The molecule has 174 valence electrons. The molecule has 0 aromatic heterocycles. The second-order valence-corrected chi connectivity index (χ2v) is 10.7. The Balaban J connectivity index is 1.84. The van der Waals surface area contributed by atoms with Gasteiger partial charge in [-0.05, 0) is 55.2 Å². The molecule has 1 amide bonds. The van der Waals surface area contributed by atoms with Crippen LogP contribution in [0, 0.1) is 6.92 Å². The molecule has 0 heterocycles. The van der Waals surface area contributed by atoms with Gasteiger partial charge >= 0.3 is 0 Å². The van der Waals surface area contributed by atoms with E-state index in [2.05, 4.69) is 5.32 Å². The molecule has 0 atom stereocenters. The molecule has 3 rings (SSSR count). The zero-order valence-electron chi connectivity index (χ0n) is 18.2. The van der Waals surface area contributed by atoms with Crippen molar-refractivity contribution in [1.29, 1.82) is 0 Å². The number of carbonyl (C=O) groups excluding carboxylic acids is 1. The Labute approximate surface area is 199 Å². The van der Waals surface area contributed by atoms with Crippen LogP contribution in [-0.2, 0) is 21.4 Å². The highest BCUT2D eigenvalue weighted by Crippen LogP contribution is 2.32. The van der Waals surface area contributed by atoms with E-state index < -0.39 is 15.9 Å². The summed E-state index contributed by atoms with van der Waals surface area (Å²) in [5.74, 6) is -0.124. The normalized spacial score (nSPS) is 15.0. The molecule has 32 heavy (non-hydrogen) atoms. The highest BCUT2D eigenvalue weighted by molar-refractivity contribution is 7.89. The second-order valence-electron chi connectivity index (χ2n) is 8.01. The van der Waals surface area contributed by atoms with E-state index in [9.17, 15) is 13.2 Å². The predicted octanol–water partition coefficient (Wildman–Crippen LogP) is 4.95. The number of rotatable bonds is 8. The van der Waals surface area contributed by atoms with Crippen LogP contribution in [-0.4, -0.2) is 38.3 Å². The van der Waals surface area contributed by atoms with Crippen molar-refractivity contribution in [2.75, 3.05) is 13.7 Å². The van der Waals surface area contributed by atoms with Crippen molar-refractivity contribution >= 4 is 39.1 Å². The lowest BCUT2D eigenvalue weighted by molar-refractivity contribution is -0.121.